The molecule has 0 saturated carbocycles. The number of nitrogens with zero attached hydrogens (tertiary/aromatic N) is 2. The van der Waals surface area contributed by atoms with E-state index >= 15 is 0 Å². The SMILES string of the molecule is C[C@H]1C(=O)N2CCC[C@@H]2CN1S(=O)(=O)c1cc(Cl)c(Cl)s1. The van der Waals surface area contributed by atoms with Crippen LogP contribution in [0.1, 0.15) is 19.8 Å². The molecule has 2 aliphatic rings. The maximum atomic E-state index is 12.7. The van der Waals surface area contributed by atoms with Crippen LogP contribution in [-0.4, -0.2) is 48.7 Å². The fraction of sp³-hybridized carbons (Fsp3) is 0.583. The third-order valence-electron chi connectivity index (χ3n) is 4.03. The van der Waals surface area contributed by atoms with E-state index in [1.165, 1.54) is 10.4 Å². The second-order valence-electron chi connectivity index (χ2n) is 5.27. The molecule has 0 aliphatic carbocycles. The number of halogens is 2. The standard InChI is InChI=1S/C12H14Cl2N2O3S2/c1-7-12(17)15-4-2-3-8(15)6-16(7)21(18,19)10-5-9(13)11(14)20-10/h5,7-8H,2-4,6H2,1H3/t7-,8+/m0/s1. The zero-order chi connectivity index (χ0) is 15.4. The van der Waals surface area contributed by atoms with Crippen molar-refractivity contribution >= 4 is 50.5 Å². The fourth-order valence-corrected chi connectivity index (χ4v) is 6.56. The largest absolute Gasteiger partial charge is 0.337 e. The lowest BCUT2D eigenvalue weighted by atomic mass is 10.1. The maximum Gasteiger partial charge on any atom is 0.253 e. The summed E-state index contributed by atoms with van der Waals surface area (Å²) in [5.74, 6) is -0.124. The van der Waals surface area contributed by atoms with Crippen LogP contribution in [0.3, 0.4) is 0 Å². The molecule has 0 bridgehead atoms. The molecule has 21 heavy (non-hydrogen) atoms. The molecule has 1 aromatic rings. The molecule has 116 valence electrons. The normalized spacial score (nSPS) is 27.2. The molecule has 0 radical (unpaired) electrons. The molecule has 0 unspecified atom stereocenters. The van der Waals surface area contributed by atoms with Crippen molar-refractivity contribution < 1.29 is 13.2 Å². The number of sulfonamides is 1. The Hall–Kier alpha value is -0.340. The molecule has 1 aromatic heterocycles. The van der Waals surface area contributed by atoms with E-state index in [0.29, 0.717) is 6.54 Å². The van der Waals surface area contributed by atoms with E-state index in [2.05, 4.69) is 0 Å². The first-order valence-electron chi connectivity index (χ1n) is 6.59. The Morgan fingerprint density at radius 2 is 2.10 bits per heavy atom. The summed E-state index contributed by atoms with van der Waals surface area (Å²) in [7, 11) is -3.75. The quantitative estimate of drug-likeness (QED) is 0.805. The number of hydrogen-bond donors (Lipinski definition) is 0. The van der Waals surface area contributed by atoms with Crippen LogP contribution in [0.4, 0.5) is 0 Å². The minimum Gasteiger partial charge on any atom is -0.337 e. The zero-order valence-corrected chi connectivity index (χ0v) is 14.4. The van der Waals surface area contributed by atoms with Gasteiger partial charge in [0.15, 0.2) is 0 Å². The van der Waals surface area contributed by atoms with E-state index in [-0.39, 0.29) is 25.5 Å². The Balaban J connectivity index is 1.96. The van der Waals surface area contributed by atoms with Gasteiger partial charge in [-0.25, -0.2) is 8.42 Å². The van der Waals surface area contributed by atoms with Gasteiger partial charge < -0.3 is 4.90 Å². The van der Waals surface area contributed by atoms with Crippen LogP contribution < -0.4 is 0 Å². The van der Waals surface area contributed by atoms with Gasteiger partial charge in [0.05, 0.1) is 5.02 Å². The fourth-order valence-electron chi connectivity index (χ4n) is 2.92. The first-order valence-corrected chi connectivity index (χ1v) is 9.61. The second-order valence-corrected chi connectivity index (χ2v) is 9.44. The first-order chi connectivity index (χ1) is 9.82. The van der Waals surface area contributed by atoms with Gasteiger partial charge in [-0.2, -0.15) is 4.31 Å². The van der Waals surface area contributed by atoms with Crippen LogP contribution in [0.15, 0.2) is 10.3 Å². The summed E-state index contributed by atoms with van der Waals surface area (Å²) in [4.78, 5) is 14.1. The summed E-state index contributed by atoms with van der Waals surface area (Å²) in [5, 5.41) is 0.221. The van der Waals surface area contributed by atoms with Crippen LogP contribution in [-0.2, 0) is 14.8 Å². The lowest BCUT2D eigenvalue weighted by Crippen LogP contribution is -2.59. The Labute approximate surface area is 137 Å². The van der Waals surface area contributed by atoms with Gasteiger partial charge in [0, 0.05) is 19.1 Å². The van der Waals surface area contributed by atoms with Crippen LogP contribution in [0, 0.1) is 0 Å². The highest BCUT2D eigenvalue weighted by Crippen LogP contribution is 2.37. The highest BCUT2D eigenvalue weighted by atomic mass is 35.5. The van der Waals surface area contributed by atoms with Crippen LogP contribution in [0.25, 0.3) is 0 Å². The number of hydrogen-bond acceptors (Lipinski definition) is 4. The van der Waals surface area contributed by atoms with Gasteiger partial charge in [0.2, 0.25) is 5.91 Å². The molecule has 1 amide bonds. The molecule has 0 N–H and O–H groups in total. The first kappa shape index (κ1) is 15.6. The van der Waals surface area contributed by atoms with E-state index in [4.69, 9.17) is 23.2 Å². The number of rotatable bonds is 2. The predicted octanol–water partition coefficient (Wildman–Crippen LogP) is 2.44. The zero-order valence-electron chi connectivity index (χ0n) is 11.3. The van der Waals surface area contributed by atoms with Crippen molar-refractivity contribution in [1.29, 1.82) is 0 Å². The second kappa shape index (κ2) is 5.38. The molecule has 2 saturated heterocycles. The Morgan fingerprint density at radius 3 is 2.71 bits per heavy atom. The number of carbonyl (C=O) groups excluding carboxylic acids is 1. The Bertz CT molecular complexity index is 669. The molecule has 0 spiro atoms. The summed E-state index contributed by atoms with van der Waals surface area (Å²) in [5.41, 5.74) is 0. The Morgan fingerprint density at radius 1 is 1.38 bits per heavy atom. The summed E-state index contributed by atoms with van der Waals surface area (Å²) in [6, 6.07) is 0.639. The van der Waals surface area contributed by atoms with Gasteiger partial charge in [0.25, 0.3) is 10.0 Å². The van der Waals surface area contributed by atoms with Gasteiger partial charge in [0.1, 0.15) is 14.6 Å². The molecule has 9 heteroatoms. The minimum atomic E-state index is -3.75. The van der Waals surface area contributed by atoms with E-state index in [0.717, 1.165) is 30.7 Å². The van der Waals surface area contributed by atoms with Crippen molar-refractivity contribution in [2.75, 3.05) is 13.1 Å². The van der Waals surface area contributed by atoms with E-state index in [1.54, 1.807) is 11.8 Å². The maximum absolute atomic E-state index is 12.7. The number of thiophene rings is 1. The van der Waals surface area contributed by atoms with Crippen molar-refractivity contribution in [1.82, 2.24) is 9.21 Å². The molecule has 3 heterocycles. The number of fused-ring (bicyclic) bond motifs is 1. The predicted molar refractivity (Wildman–Crippen MR) is 82.4 cm³/mol. The van der Waals surface area contributed by atoms with E-state index in [9.17, 15) is 13.2 Å². The van der Waals surface area contributed by atoms with Gasteiger partial charge in [-0.1, -0.05) is 23.2 Å². The molecular formula is C12H14Cl2N2O3S2. The van der Waals surface area contributed by atoms with Crippen LogP contribution in [0.2, 0.25) is 9.36 Å². The average Bonchev–Trinajstić information content (AvgIpc) is 3.01. The van der Waals surface area contributed by atoms with Crippen LogP contribution >= 0.6 is 34.5 Å². The summed E-state index contributed by atoms with van der Waals surface area (Å²) in [6.07, 6.45) is 1.77. The van der Waals surface area contributed by atoms with Crippen LogP contribution in [0.5, 0.6) is 0 Å². The van der Waals surface area contributed by atoms with Gasteiger partial charge in [-0.3, -0.25) is 4.79 Å². The average molecular weight is 369 g/mol. The molecule has 2 atom stereocenters. The molecule has 5 nitrogen and oxygen atoms in total. The summed E-state index contributed by atoms with van der Waals surface area (Å²) >= 11 is 12.6. The van der Waals surface area contributed by atoms with Crippen molar-refractivity contribution in [2.45, 2.75) is 36.1 Å². The lowest BCUT2D eigenvalue weighted by molar-refractivity contribution is -0.139. The van der Waals surface area contributed by atoms with Crippen molar-refractivity contribution in [3.8, 4) is 0 Å². The summed E-state index contributed by atoms with van der Waals surface area (Å²) in [6.45, 7) is 2.69. The van der Waals surface area contributed by atoms with Crippen molar-refractivity contribution in [3.05, 3.63) is 15.4 Å². The van der Waals surface area contributed by atoms with E-state index < -0.39 is 16.1 Å². The highest BCUT2D eigenvalue weighted by Gasteiger charge is 2.45. The third-order valence-corrected chi connectivity index (χ3v) is 8.28. The molecular weight excluding hydrogens is 355 g/mol. The number of piperazine rings is 1. The molecule has 2 aliphatic heterocycles. The monoisotopic (exact) mass is 368 g/mol. The van der Waals surface area contributed by atoms with E-state index in [1.807, 2.05) is 0 Å². The molecule has 3 rings (SSSR count). The number of carbonyl (C=O) groups is 1. The van der Waals surface area contributed by atoms with Gasteiger partial charge in [-0.05, 0) is 25.8 Å². The van der Waals surface area contributed by atoms with Gasteiger partial charge in [-0.15, -0.1) is 11.3 Å². The topological polar surface area (TPSA) is 57.7 Å². The number of amides is 1. The van der Waals surface area contributed by atoms with Crippen molar-refractivity contribution in [3.63, 3.8) is 0 Å². The Kier molecular flexibility index (Phi) is 3.99. The molecule has 0 aromatic carbocycles. The van der Waals surface area contributed by atoms with Gasteiger partial charge >= 0.3 is 0 Å². The molecule has 2 fully saturated rings. The third kappa shape index (κ3) is 2.49. The summed E-state index contributed by atoms with van der Waals surface area (Å²) < 4.78 is 27.1. The highest BCUT2D eigenvalue weighted by molar-refractivity contribution is 7.91. The smallest absolute Gasteiger partial charge is 0.253 e. The minimum absolute atomic E-state index is 0.0191. The van der Waals surface area contributed by atoms with Crippen molar-refractivity contribution in [2.24, 2.45) is 0 Å². The lowest BCUT2D eigenvalue weighted by Gasteiger charge is -2.40.